The van der Waals surface area contributed by atoms with Crippen molar-refractivity contribution in [2.75, 3.05) is 31.1 Å². The van der Waals surface area contributed by atoms with E-state index in [2.05, 4.69) is 42.7 Å². The van der Waals surface area contributed by atoms with Gasteiger partial charge in [0, 0.05) is 31.2 Å². The molecule has 0 spiro atoms. The Morgan fingerprint density at radius 1 is 1.08 bits per heavy atom. The Morgan fingerprint density at radius 2 is 1.77 bits per heavy atom. The first-order chi connectivity index (χ1) is 18.5. The van der Waals surface area contributed by atoms with Gasteiger partial charge in [-0.25, -0.2) is 14.4 Å². The summed E-state index contributed by atoms with van der Waals surface area (Å²) in [5, 5.41) is 0. The fourth-order valence-corrected chi connectivity index (χ4v) is 5.35. The lowest BCUT2D eigenvalue weighted by Crippen LogP contribution is -2.54. The number of nitrogens with zero attached hydrogens (tertiary/aromatic N) is 4. The zero-order chi connectivity index (χ0) is 28.4. The van der Waals surface area contributed by atoms with Crippen molar-refractivity contribution >= 4 is 11.7 Å². The number of carbonyl (C=O) groups excluding carboxylic acids is 1. The number of benzene rings is 2. The summed E-state index contributed by atoms with van der Waals surface area (Å²) in [5.41, 5.74) is 11.7. The van der Waals surface area contributed by atoms with E-state index in [0.717, 1.165) is 39.3 Å². The third kappa shape index (κ3) is 6.06. The topological polar surface area (TPSA) is 84.6 Å². The largest absolute Gasteiger partial charge is 0.485 e. The maximum atomic E-state index is 15.4. The Labute approximate surface area is 231 Å². The van der Waals surface area contributed by atoms with E-state index in [-0.39, 0.29) is 42.6 Å². The van der Waals surface area contributed by atoms with Gasteiger partial charge in [-0.2, -0.15) is 0 Å². The predicted molar refractivity (Wildman–Crippen MR) is 154 cm³/mol. The number of primary amides is 1. The number of hydrogen-bond acceptors (Lipinski definition) is 6. The third-order valence-corrected chi connectivity index (χ3v) is 7.63. The van der Waals surface area contributed by atoms with Crippen molar-refractivity contribution in [2.45, 2.75) is 67.0 Å². The lowest BCUT2D eigenvalue weighted by Gasteiger charge is -2.40. The van der Waals surface area contributed by atoms with Gasteiger partial charge in [0.05, 0.1) is 17.8 Å². The summed E-state index contributed by atoms with van der Waals surface area (Å²) in [5.74, 6) is 1.11. The number of carbonyl (C=O) groups is 1. The molecule has 2 heterocycles. The summed E-state index contributed by atoms with van der Waals surface area (Å²) in [6.45, 7) is 16.4. The highest BCUT2D eigenvalue weighted by Gasteiger charge is 2.29. The van der Waals surface area contributed by atoms with E-state index in [0.29, 0.717) is 31.0 Å². The van der Waals surface area contributed by atoms with Crippen molar-refractivity contribution < 1.29 is 13.9 Å². The lowest BCUT2D eigenvalue weighted by atomic mass is 10.0. The number of piperazine rings is 1. The van der Waals surface area contributed by atoms with Gasteiger partial charge in [0.15, 0.2) is 17.4 Å². The number of nitrogens with two attached hydrogens (primary N) is 1. The van der Waals surface area contributed by atoms with Crippen LogP contribution in [0.2, 0.25) is 0 Å². The van der Waals surface area contributed by atoms with Gasteiger partial charge in [-0.15, -0.1) is 0 Å². The van der Waals surface area contributed by atoms with Gasteiger partial charge in [-0.3, -0.25) is 9.69 Å². The van der Waals surface area contributed by atoms with Crippen LogP contribution in [0.25, 0.3) is 11.4 Å². The van der Waals surface area contributed by atoms with Crippen molar-refractivity contribution in [2.24, 2.45) is 5.73 Å². The second-order valence-electron chi connectivity index (χ2n) is 11.0. The molecule has 1 atom stereocenters. The average Bonchev–Trinajstić information content (AvgIpc) is 2.85. The Hall–Kier alpha value is -3.52. The SMILES string of the molecule is Cc1ccc(C(C)C)c(F)c1OCc1c(C)nc(-c2c(C)cccc2C)nc1N1CCN(CC(N)=O)[C@H](C)C1. The molecule has 2 N–H and O–H groups in total. The van der Waals surface area contributed by atoms with Crippen molar-refractivity contribution in [3.63, 3.8) is 0 Å². The van der Waals surface area contributed by atoms with Gasteiger partial charge in [-0.1, -0.05) is 44.2 Å². The zero-order valence-electron chi connectivity index (χ0n) is 24.1. The predicted octanol–water partition coefficient (Wildman–Crippen LogP) is 5.21. The lowest BCUT2D eigenvalue weighted by molar-refractivity contribution is -0.119. The van der Waals surface area contributed by atoms with Crippen molar-refractivity contribution in [1.82, 2.24) is 14.9 Å². The highest BCUT2D eigenvalue weighted by molar-refractivity contribution is 5.76. The number of anilines is 1. The number of ether oxygens (including phenoxy) is 1. The molecule has 0 unspecified atom stereocenters. The summed E-state index contributed by atoms with van der Waals surface area (Å²) in [4.78, 5) is 25.9. The first-order valence-electron chi connectivity index (χ1n) is 13.6. The molecule has 2 aromatic carbocycles. The molecule has 0 aliphatic carbocycles. The fraction of sp³-hybridized carbons (Fsp3) is 0.452. The van der Waals surface area contributed by atoms with Crippen LogP contribution in [-0.4, -0.2) is 53.0 Å². The number of halogens is 1. The molecule has 0 radical (unpaired) electrons. The fourth-order valence-electron chi connectivity index (χ4n) is 5.35. The quantitative estimate of drug-likeness (QED) is 0.428. The maximum Gasteiger partial charge on any atom is 0.231 e. The molecule has 1 fully saturated rings. The molecule has 1 aromatic heterocycles. The highest BCUT2D eigenvalue weighted by Crippen LogP contribution is 2.33. The van der Waals surface area contributed by atoms with Crippen LogP contribution in [0.1, 0.15) is 60.2 Å². The summed E-state index contributed by atoms with van der Waals surface area (Å²) < 4.78 is 21.6. The van der Waals surface area contributed by atoms with Gasteiger partial charge in [0.2, 0.25) is 5.91 Å². The number of amides is 1. The maximum absolute atomic E-state index is 15.4. The smallest absolute Gasteiger partial charge is 0.231 e. The second kappa shape index (κ2) is 11.7. The second-order valence-corrected chi connectivity index (χ2v) is 11.0. The van der Waals surface area contributed by atoms with Crippen LogP contribution >= 0.6 is 0 Å². The first kappa shape index (κ1) is 28.5. The van der Waals surface area contributed by atoms with E-state index in [4.69, 9.17) is 20.4 Å². The van der Waals surface area contributed by atoms with Gasteiger partial charge in [-0.05, 0) is 62.8 Å². The van der Waals surface area contributed by atoms with Crippen LogP contribution < -0.4 is 15.4 Å². The van der Waals surface area contributed by atoms with Gasteiger partial charge >= 0.3 is 0 Å². The molecule has 1 saturated heterocycles. The third-order valence-electron chi connectivity index (χ3n) is 7.63. The molecule has 3 aromatic rings. The molecule has 1 aliphatic rings. The summed E-state index contributed by atoms with van der Waals surface area (Å²) in [7, 11) is 0. The molecule has 1 amide bonds. The van der Waals surface area contributed by atoms with E-state index >= 15 is 4.39 Å². The Morgan fingerprint density at radius 3 is 2.38 bits per heavy atom. The zero-order valence-corrected chi connectivity index (χ0v) is 24.1. The summed E-state index contributed by atoms with van der Waals surface area (Å²) in [6, 6.07) is 9.99. The van der Waals surface area contributed by atoms with E-state index < -0.39 is 0 Å². The van der Waals surface area contributed by atoms with Crippen LogP contribution in [0.5, 0.6) is 5.75 Å². The van der Waals surface area contributed by atoms with E-state index in [1.165, 1.54) is 0 Å². The molecule has 7 nitrogen and oxygen atoms in total. The molecule has 208 valence electrons. The van der Waals surface area contributed by atoms with Crippen LogP contribution in [0.15, 0.2) is 30.3 Å². The number of rotatable bonds is 8. The minimum Gasteiger partial charge on any atom is -0.485 e. The molecule has 0 saturated carbocycles. The normalized spacial score (nSPS) is 16.1. The van der Waals surface area contributed by atoms with Crippen LogP contribution in [0.4, 0.5) is 10.2 Å². The molecular weight excluding hydrogens is 493 g/mol. The average molecular weight is 534 g/mol. The van der Waals surface area contributed by atoms with Crippen molar-refractivity contribution in [1.29, 1.82) is 0 Å². The number of aromatic nitrogens is 2. The van der Waals surface area contributed by atoms with E-state index in [1.54, 1.807) is 0 Å². The number of hydrogen-bond donors (Lipinski definition) is 1. The van der Waals surface area contributed by atoms with Crippen molar-refractivity contribution in [3.05, 3.63) is 69.7 Å². The van der Waals surface area contributed by atoms with Gasteiger partial charge in [0.1, 0.15) is 12.4 Å². The monoisotopic (exact) mass is 533 g/mol. The highest BCUT2D eigenvalue weighted by atomic mass is 19.1. The van der Waals surface area contributed by atoms with Crippen molar-refractivity contribution in [3.8, 4) is 17.1 Å². The minimum atomic E-state index is -0.333. The molecular formula is C31H40FN5O2. The van der Waals surface area contributed by atoms with Crippen LogP contribution in [-0.2, 0) is 11.4 Å². The molecule has 39 heavy (non-hydrogen) atoms. The molecule has 1 aliphatic heterocycles. The summed E-state index contributed by atoms with van der Waals surface area (Å²) >= 11 is 0. The standard InChI is InChI=1S/C31H40FN5O2/c1-18(2)24-12-11-21(5)29(28(24)32)39-17-25-23(7)34-30(27-19(3)9-8-10-20(27)4)35-31(25)37-14-13-36(16-26(33)38)22(6)15-37/h8-12,18,22H,13-17H2,1-7H3,(H2,33,38)/t22-/m1/s1. The molecule has 8 heteroatoms. The minimum absolute atomic E-state index is 0.0448. The van der Waals surface area contributed by atoms with E-state index in [1.807, 2.05) is 45.9 Å². The number of aryl methyl sites for hydroxylation is 4. The van der Waals surface area contributed by atoms with E-state index in [9.17, 15) is 4.79 Å². The first-order valence-corrected chi connectivity index (χ1v) is 13.6. The molecule has 0 bridgehead atoms. The van der Waals surface area contributed by atoms with Crippen LogP contribution in [0.3, 0.4) is 0 Å². The van der Waals surface area contributed by atoms with Crippen LogP contribution in [0, 0.1) is 33.5 Å². The van der Waals surface area contributed by atoms with Gasteiger partial charge < -0.3 is 15.4 Å². The Kier molecular flexibility index (Phi) is 8.54. The Balaban J connectivity index is 1.75. The van der Waals surface area contributed by atoms with Gasteiger partial charge in [0.25, 0.3) is 0 Å². The molecule has 4 rings (SSSR count). The summed E-state index contributed by atoms with van der Waals surface area (Å²) in [6.07, 6.45) is 0. The Bertz CT molecular complexity index is 1350.